The van der Waals surface area contributed by atoms with Crippen molar-refractivity contribution >= 4 is 22.4 Å². The van der Waals surface area contributed by atoms with Crippen LogP contribution >= 0.6 is 11.3 Å². The highest BCUT2D eigenvalue weighted by Gasteiger charge is 2.21. The molecule has 1 rings (SSSR count). The Morgan fingerprint density at radius 2 is 2.25 bits per heavy atom. The van der Waals surface area contributed by atoms with E-state index >= 15 is 0 Å². The fraction of sp³-hybridized carbons (Fsp3) is 0.714. The third-order valence-corrected chi connectivity index (χ3v) is 3.85. The summed E-state index contributed by atoms with van der Waals surface area (Å²) in [4.78, 5) is 18.5. The van der Waals surface area contributed by atoms with Gasteiger partial charge in [-0.25, -0.2) is 4.98 Å². The van der Waals surface area contributed by atoms with Crippen LogP contribution in [0.4, 0.5) is 5.13 Å². The molecule has 0 aromatic carbocycles. The number of nitrogens with zero attached hydrogens (tertiary/aromatic N) is 2. The number of rotatable bonds is 8. The van der Waals surface area contributed by atoms with Crippen molar-refractivity contribution < 1.29 is 4.79 Å². The molecule has 0 aliphatic rings. The van der Waals surface area contributed by atoms with Crippen LogP contribution in [0.1, 0.15) is 32.9 Å². The van der Waals surface area contributed by atoms with Gasteiger partial charge in [0.05, 0.1) is 12.2 Å². The Labute approximate surface area is 125 Å². The van der Waals surface area contributed by atoms with E-state index in [1.54, 1.807) is 0 Å². The van der Waals surface area contributed by atoms with Crippen LogP contribution in [-0.4, -0.2) is 42.0 Å². The van der Waals surface area contributed by atoms with Crippen molar-refractivity contribution in [2.45, 2.75) is 34.1 Å². The lowest BCUT2D eigenvalue weighted by Gasteiger charge is -2.31. The van der Waals surface area contributed by atoms with E-state index in [-0.39, 0.29) is 11.3 Å². The highest BCUT2D eigenvalue weighted by atomic mass is 32.1. The number of carbonyl (C=O) groups excluding carboxylic acids is 1. The molecule has 1 aromatic rings. The number of nitrogens with two attached hydrogens (primary N) is 1. The summed E-state index contributed by atoms with van der Waals surface area (Å²) >= 11 is 1.45. The first-order valence-electron chi connectivity index (χ1n) is 7.00. The van der Waals surface area contributed by atoms with Gasteiger partial charge >= 0.3 is 0 Å². The first-order chi connectivity index (χ1) is 9.36. The molecule has 0 spiro atoms. The first-order valence-corrected chi connectivity index (χ1v) is 7.88. The van der Waals surface area contributed by atoms with Crippen LogP contribution in [0.5, 0.6) is 0 Å². The molecule has 0 atom stereocenters. The smallest absolute Gasteiger partial charge is 0.240 e. The molecule has 5 nitrogen and oxygen atoms in total. The zero-order valence-electron chi connectivity index (χ0n) is 12.9. The molecule has 0 bridgehead atoms. The zero-order chi connectivity index (χ0) is 15.2. The van der Waals surface area contributed by atoms with E-state index in [1.807, 2.05) is 12.3 Å². The fourth-order valence-corrected chi connectivity index (χ4v) is 2.68. The second kappa shape index (κ2) is 7.71. The van der Waals surface area contributed by atoms with Crippen molar-refractivity contribution in [3.05, 3.63) is 11.1 Å². The van der Waals surface area contributed by atoms with E-state index in [9.17, 15) is 4.79 Å². The van der Waals surface area contributed by atoms with Crippen molar-refractivity contribution in [1.82, 2.24) is 9.88 Å². The molecule has 20 heavy (non-hydrogen) atoms. The number of amides is 1. The lowest BCUT2D eigenvalue weighted by molar-refractivity contribution is -0.117. The van der Waals surface area contributed by atoms with E-state index in [1.165, 1.54) is 11.3 Å². The predicted molar refractivity (Wildman–Crippen MR) is 85.0 cm³/mol. The Morgan fingerprint density at radius 1 is 1.55 bits per heavy atom. The Hall–Kier alpha value is -0.980. The molecule has 0 aliphatic heterocycles. The highest BCUT2D eigenvalue weighted by Crippen LogP contribution is 2.16. The summed E-state index contributed by atoms with van der Waals surface area (Å²) in [7, 11) is 0. The van der Waals surface area contributed by atoms with Crippen molar-refractivity contribution in [3.8, 4) is 0 Å². The molecule has 0 unspecified atom stereocenters. The molecule has 1 heterocycles. The summed E-state index contributed by atoms with van der Waals surface area (Å²) in [5.74, 6) is -0.0133. The lowest BCUT2D eigenvalue weighted by Crippen LogP contribution is -2.42. The largest absolute Gasteiger partial charge is 0.330 e. The molecule has 114 valence electrons. The van der Waals surface area contributed by atoms with Gasteiger partial charge in [-0.15, -0.1) is 11.3 Å². The zero-order valence-corrected chi connectivity index (χ0v) is 13.7. The highest BCUT2D eigenvalue weighted by molar-refractivity contribution is 7.13. The third kappa shape index (κ3) is 5.98. The number of nitrogens with one attached hydrogen (secondary N) is 1. The number of carbonyl (C=O) groups is 1. The second-order valence-corrected chi connectivity index (χ2v) is 6.78. The topological polar surface area (TPSA) is 71.2 Å². The van der Waals surface area contributed by atoms with Crippen LogP contribution < -0.4 is 11.1 Å². The van der Waals surface area contributed by atoms with Crippen LogP contribution in [0.2, 0.25) is 0 Å². The van der Waals surface area contributed by atoms with Crippen molar-refractivity contribution in [1.29, 1.82) is 0 Å². The normalized spacial score (nSPS) is 11.9. The second-order valence-electron chi connectivity index (χ2n) is 5.92. The average Bonchev–Trinajstić information content (AvgIpc) is 2.74. The van der Waals surface area contributed by atoms with Gasteiger partial charge in [-0.3, -0.25) is 9.69 Å². The van der Waals surface area contributed by atoms with Crippen LogP contribution in [0.25, 0.3) is 0 Å². The van der Waals surface area contributed by atoms with Crippen LogP contribution in [0, 0.1) is 12.3 Å². The predicted octanol–water partition coefficient (Wildman–Crippen LogP) is 2.09. The minimum Gasteiger partial charge on any atom is -0.330 e. The Bertz CT molecular complexity index is 431. The summed E-state index contributed by atoms with van der Waals surface area (Å²) in [6.07, 6.45) is 1.02. The van der Waals surface area contributed by atoms with Crippen molar-refractivity contribution in [2.75, 3.05) is 31.5 Å². The number of aromatic nitrogens is 1. The van der Waals surface area contributed by atoms with Gasteiger partial charge in [-0.2, -0.15) is 0 Å². The fourth-order valence-electron chi connectivity index (χ4n) is 1.97. The van der Waals surface area contributed by atoms with E-state index in [0.29, 0.717) is 18.2 Å². The summed E-state index contributed by atoms with van der Waals surface area (Å²) in [6, 6.07) is 0. The number of thiazole rings is 1. The van der Waals surface area contributed by atoms with Gasteiger partial charge in [-0.05, 0) is 31.8 Å². The van der Waals surface area contributed by atoms with Crippen molar-refractivity contribution in [2.24, 2.45) is 11.1 Å². The van der Waals surface area contributed by atoms with Crippen molar-refractivity contribution in [3.63, 3.8) is 0 Å². The minimum atomic E-state index is -0.0133. The molecule has 0 fully saturated rings. The van der Waals surface area contributed by atoms with E-state index in [0.717, 1.165) is 25.2 Å². The lowest BCUT2D eigenvalue weighted by atomic mass is 9.93. The Balaban J connectivity index is 2.54. The quantitative estimate of drug-likeness (QED) is 0.771. The van der Waals surface area contributed by atoms with Gasteiger partial charge in [0.1, 0.15) is 0 Å². The standard InChI is InChI=1S/C14H26N4OS/c1-5-6-18(10-14(3,4)9-15)7-12(19)17-13-16-11(2)8-20-13/h8H,5-7,9-10,15H2,1-4H3,(H,16,17,19). The number of aryl methyl sites for hydroxylation is 1. The van der Waals surface area contributed by atoms with E-state index in [4.69, 9.17) is 5.73 Å². The van der Waals surface area contributed by atoms with Gasteiger partial charge in [0, 0.05) is 11.9 Å². The molecule has 0 saturated carbocycles. The maximum absolute atomic E-state index is 12.1. The maximum Gasteiger partial charge on any atom is 0.240 e. The number of anilines is 1. The summed E-state index contributed by atoms with van der Waals surface area (Å²) in [5.41, 5.74) is 6.72. The van der Waals surface area contributed by atoms with Gasteiger partial charge in [0.15, 0.2) is 5.13 Å². The molecule has 0 aliphatic carbocycles. The van der Waals surface area contributed by atoms with Gasteiger partial charge in [0.25, 0.3) is 0 Å². The molecule has 3 N–H and O–H groups in total. The molecular weight excluding hydrogens is 272 g/mol. The molecule has 6 heteroatoms. The maximum atomic E-state index is 12.1. The van der Waals surface area contributed by atoms with Crippen LogP contribution in [0.3, 0.4) is 0 Å². The van der Waals surface area contributed by atoms with E-state index in [2.05, 4.69) is 36.0 Å². The SMILES string of the molecule is CCCN(CC(=O)Nc1nc(C)cs1)CC(C)(C)CN. The molecule has 1 aromatic heterocycles. The number of hydrogen-bond acceptors (Lipinski definition) is 5. The number of hydrogen-bond donors (Lipinski definition) is 2. The molecule has 1 amide bonds. The van der Waals surface area contributed by atoms with Gasteiger partial charge in [0.2, 0.25) is 5.91 Å². The monoisotopic (exact) mass is 298 g/mol. The molecule has 0 radical (unpaired) electrons. The average molecular weight is 298 g/mol. The first kappa shape index (κ1) is 17.1. The van der Waals surface area contributed by atoms with Crippen LogP contribution in [-0.2, 0) is 4.79 Å². The van der Waals surface area contributed by atoms with Gasteiger partial charge in [-0.1, -0.05) is 20.8 Å². The van der Waals surface area contributed by atoms with Crippen LogP contribution in [0.15, 0.2) is 5.38 Å². The third-order valence-electron chi connectivity index (χ3n) is 2.98. The Kier molecular flexibility index (Phi) is 6.58. The summed E-state index contributed by atoms with van der Waals surface area (Å²) in [6.45, 7) is 11.0. The Morgan fingerprint density at radius 3 is 2.75 bits per heavy atom. The summed E-state index contributed by atoms with van der Waals surface area (Å²) in [5, 5.41) is 5.45. The van der Waals surface area contributed by atoms with E-state index < -0.39 is 0 Å². The summed E-state index contributed by atoms with van der Waals surface area (Å²) < 4.78 is 0. The minimum absolute atomic E-state index is 0.0133. The molecule has 0 saturated heterocycles. The molecular formula is C14H26N4OS. The van der Waals surface area contributed by atoms with Gasteiger partial charge < -0.3 is 11.1 Å².